The Morgan fingerprint density at radius 2 is 0.848 bits per heavy atom. The Morgan fingerprint density at radius 1 is 0.500 bits per heavy atom. The third kappa shape index (κ3) is 5.66. The van der Waals surface area contributed by atoms with E-state index >= 15 is 0 Å². The van der Waals surface area contributed by atoms with E-state index in [1.807, 2.05) is 0 Å². The van der Waals surface area contributed by atoms with Crippen LogP contribution in [-0.4, -0.2) is 5.92 Å². The Bertz CT molecular complexity index is 1720. The van der Waals surface area contributed by atoms with Crippen LogP contribution < -0.4 is 0 Å². The van der Waals surface area contributed by atoms with Gasteiger partial charge in [-0.3, -0.25) is 0 Å². The first-order chi connectivity index (χ1) is 21.6. The van der Waals surface area contributed by atoms with Gasteiger partial charge in [0, 0.05) is 0 Å². The van der Waals surface area contributed by atoms with E-state index in [2.05, 4.69) is 167 Å². The predicted octanol–water partition coefficient (Wildman–Crippen LogP) is 12.6. The molecule has 4 aromatic rings. The van der Waals surface area contributed by atoms with E-state index in [1.54, 1.807) is 22.3 Å². The maximum atomic E-state index is 2.68. The van der Waals surface area contributed by atoms with E-state index in [4.69, 9.17) is 0 Å². The molecule has 0 spiro atoms. The standard InChI is InChI=1S/2C21H23.C2H7Si.Zr/c2*1-14-13-17-7-6-8-19(20(17)15(14)2)16-9-11-18(12-10-16)21(3,4)5;1-3-2;/h2*6-13H,1-5H3;3H,1-2H3;. The van der Waals surface area contributed by atoms with Crippen molar-refractivity contribution >= 4 is 17.1 Å². The second kappa shape index (κ2) is 12.2. The molecule has 2 aliphatic carbocycles. The van der Waals surface area contributed by atoms with Crippen LogP contribution in [0.15, 0.2) is 96.1 Å². The quantitative estimate of drug-likeness (QED) is 0.182. The normalized spacial score (nSPS) is 18.0. The zero-order valence-corrected chi connectivity index (χ0v) is 33.9. The van der Waals surface area contributed by atoms with Gasteiger partial charge < -0.3 is 0 Å². The molecule has 0 saturated carbocycles. The summed E-state index contributed by atoms with van der Waals surface area (Å²) in [5, 5.41) is 0. The van der Waals surface area contributed by atoms with Crippen molar-refractivity contribution in [3.05, 3.63) is 129 Å². The van der Waals surface area contributed by atoms with Crippen molar-refractivity contribution in [2.24, 2.45) is 0 Å². The summed E-state index contributed by atoms with van der Waals surface area (Å²) in [7, 11) is 0. The van der Waals surface area contributed by atoms with Crippen LogP contribution in [0.4, 0.5) is 0 Å². The monoisotopic (exact) mass is 699 g/mol. The molecule has 0 aromatic heterocycles. The van der Waals surface area contributed by atoms with Gasteiger partial charge in [-0.05, 0) is 0 Å². The first-order valence-corrected chi connectivity index (χ1v) is 27.3. The van der Waals surface area contributed by atoms with Crippen molar-refractivity contribution in [1.29, 1.82) is 0 Å². The summed E-state index contributed by atoms with van der Waals surface area (Å²) in [5.41, 5.74) is 21.4. The van der Waals surface area contributed by atoms with Crippen LogP contribution in [0, 0.1) is 0 Å². The summed E-state index contributed by atoms with van der Waals surface area (Å²) in [5.74, 6) is -0.944. The number of hydrogen-bond donors (Lipinski definition) is 0. The van der Waals surface area contributed by atoms with Gasteiger partial charge >= 0.3 is 290 Å². The Labute approximate surface area is 288 Å². The summed E-state index contributed by atoms with van der Waals surface area (Å²) in [6.07, 6.45) is 0. The van der Waals surface area contributed by atoms with Crippen molar-refractivity contribution < 1.29 is 20.9 Å². The van der Waals surface area contributed by atoms with E-state index in [0.29, 0.717) is 7.25 Å². The molecular formula is C44H53SiZr. The summed E-state index contributed by atoms with van der Waals surface area (Å²) < 4.78 is 1.29. The molecule has 237 valence electrons. The zero-order valence-electron chi connectivity index (χ0n) is 30.3. The molecule has 0 amide bonds. The first kappa shape index (κ1) is 33.4. The topological polar surface area (TPSA) is 0 Å². The van der Waals surface area contributed by atoms with E-state index < -0.39 is 26.8 Å². The molecule has 2 aliphatic rings. The van der Waals surface area contributed by atoms with Gasteiger partial charge in [0.25, 0.3) is 0 Å². The fourth-order valence-corrected chi connectivity index (χ4v) is 31.8. The van der Waals surface area contributed by atoms with Crippen LogP contribution in [-0.2, 0) is 31.7 Å². The van der Waals surface area contributed by atoms with Gasteiger partial charge in [0.05, 0.1) is 0 Å². The van der Waals surface area contributed by atoms with E-state index in [0.717, 1.165) is 0 Å². The molecule has 0 heterocycles. The number of benzene rings is 4. The molecule has 0 N–H and O–H groups in total. The minimum atomic E-state index is -2.16. The Hall–Kier alpha value is -2.54. The molecule has 0 radical (unpaired) electrons. The van der Waals surface area contributed by atoms with Crippen LogP contribution >= 0.6 is 0 Å². The summed E-state index contributed by atoms with van der Waals surface area (Å²) in [4.78, 5) is 0. The molecule has 0 aliphatic heterocycles. The number of allylic oxidation sites excluding steroid dienone is 4. The van der Waals surface area contributed by atoms with E-state index in [9.17, 15) is 0 Å². The van der Waals surface area contributed by atoms with E-state index in [-0.39, 0.29) is 10.8 Å². The van der Waals surface area contributed by atoms with Crippen molar-refractivity contribution in [2.75, 3.05) is 0 Å². The van der Waals surface area contributed by atoms with Crippen LogP contribution in [0.25, 0.3) is 33.4 Å². The molecule has 0 nitrogen and oxygen atoms in total. The second-order valence-corrected chi connectivity index (χ2v) is 36.4. The van der Waals surface area contributed by atoms with Crippen molar-refractivity contribution in [2.45, 2.75) is 100 Å². The second-order valence-electron chi connectivity index (χ2n) is 16.3. The Balaban J connectivity index is 1.45. The SMILES string of the molecule is CC1=C(C)[CH]([Zr]([CH]2C(C)=C(C)c3c(-c4ccc(C(C)(C)C)cc4)cccc32)[SiH](C)C)c2cccc(-c3ccc(C(C)(C)C)cc3)c21. The average Bonchev–Trinajstić information content (AvgIpc) is 3.41. The Morgan fingerprint density at radius 3 is 1.15 bits per heavy atom. The molecule has 0 fully saturated rings. The molecule has 6 rings (SSSR count). The first-order valence-electron chi connectivity index (χ1n) is 17.3. The third-order valence-corrected chi connectivity index (χ3v) is 33.1. The van der Waals surface area contributed by atoms with Gasteiger partial charge in [-0.2, -0.15) is 0 Å². The fourth-order valence-electron chi connectivity index (χ4n) is 8.23. The molecule has 0 saturated heterocycles. The van der Waals surface area contributed by atoms with Crippen LogP contribution in [0.1, 0.15) is 110 Å². The fraction of sp³-hybridized carbons (Fsp3) is 0.364. The molecule has 2 unspecified atom stereocenters. The molecule has 4 aromatic carbocycles. The minimum absolute atomic E-state index is 0.161. The average molecular weight is 701 g/mol. The maximum absolute atomic E-state index is 2.68. The van der Waals surface area contributed by atoms with Gasteiger partial charge in [0.2, 0.25) is 0 Å². The van der Waals surface area contributed by atoms with Crippen molar-refractivity contribution in [1.82, 2.24) is 0 Å². The van der Waals surface area contributed by atoms with Crippen LogP contribution in [0.5, 0.6) is 0 Å². The molecular weight excluding hydrogens is 648 g/mol. The van der Waals surface area contributed by atoms with Crippen LogP contribution in [0.2, 0.25) is 13.1 Å². The third-order valence-electron chi connectivity index (χ3n) is 11.1. The Kier molecular flexibility index (Phi) is 8.82. The van der Waals surface area contributed by atoms with Crippen molar-refractivity contribution in [3.63, 3.8) is 0 Å². The van der Waals surface area contributed by atoms with Crippen LogP contribution in [0.3, 0.4) is 0 Å². The number of rotatable bonds is 5. The van der Waals surface area contributed by atoms with E-state index in [1.165, 1.54) is 55.7 Å². The number of fused-ring (bicyclic) bond motifs is 2. The van der Waals surface area contributed by atoms with Gasteiger partial charge in [-0.25, -0.2) is 0 Å². The summed E-state index contributed by atoms with van der Waals surface area (Å²) in [6, 6.07) is 33.3. The summed E-state index contributed by atoms with van der Waals surface area (Å²) >= 11 is -2.16. The van der Waals surface area contributed by atoms with Gasteiger partial charge in [-0.15, -0.1) is 0 Å². The molecule has 46 heavy (non-hydrogen) atoms. The predicted molar refractivity (Wildman–Crippen MR) is 202 cm³/mol. The van der Waals surface area contributed by atoms with Gasteiger partial charge in [-0.1, -0.05) is 0 Å². The zero-order chi connectivity index (χ0) is 33.3. The molecule has 0 bridgehead atoms. The van der Waals surface area contributed by atoms with Gasteiger partial charge in [0.15, 0.2) is 0 Å². The number of hydrogen-bond acceptors (Lipinski definition) is 0. The van der Waals surface area contributed by atoms with Crippen molar-refractivity contribution in [3.8, 4) is 22.3 Å². The molecule has 2 atom stereocenters. The summed E-state index contributed by atoms with van der Waals surface area (Å²) in [6.45, 7) is 29.0. The van der Waals surface area contributed by atoms with Gasteiger partial charge in [0.1, 0.15) is 0 Å². The molecule has 2 heteroatoms.